The number of imidazole rings is 1. The van der Waals surface area contributed by atoms with Crippen molar-refractivity contribution < 1.29 is 4.79 Å². The van der Waals surface area contributed by atoms with Crippen LogP contribution in [0.2, 0.25) is 5.02 Å². The molecule has 0 bridgehead atoms. The molecular formula is C17H16ClN3O. The Morgan fingerprint density at radius 3 is 2.73 bits per heavy atom. The number of hydrogen-bond donors (Lipinski definition) is 1. The second-order valence-electron chi connectivity index (χ2n) is 5.14. The highest BCUT2D eigenvalue weighted by Gasteiger charge is 2.16. The zero-order valence-corrected chi connectivity index (χ0v) is 12.9. The summed E-state index contributed by atoms with van der Waals surface area (Å²) in [5.41, 5.74) is 2.95. The Labute approximate surface area is 133 Å². The molecule has 1 N–H and O–H groups in total. The predicted octanol–water partition coefficient (Wildman–Crippen LogP) is 3.55. The Hall–Kier alpha value is -2.33. The number of carbonyl (C=O) groups excluding carboxylic acids is 1. The first-order chi connectivity index (χ1) is 10.7. The van der Waals surface area contributed by atoms with Crippen LogP contribution in [-0.4, -0.2) is 16.0 Å². The zero-order valence-electron chi connectivity index (χ0n) is 12.2. The van der Waals surface area contributed by atoms with Gasteiger partial charge in [0.1, 0.15) is 5.82 Å². The number of fused-ring (bicyclic) bond motifs is 1. The third kappa shape index (κ3) is 2.70. The molecule has 1 aromatic heterocycles. The summed E-state index contributed by atoms with van der Waals surface area (Å²) in [5.74, 6) is 0.813. The van der Waals surface area contributed by atoms with E-state index in [9.17, 15) is 4.79 Å². The minimum atomic E-state index is -0.174. The number of amides is 1. The molecule has 0 spiro atoms. The van der Waals surface area contributed by atoms with Crippen molar-refractivity contribution in [3.05, 3.63) is 64.9 Å². The van der Waals surface area contributed by atoms with Crippen LogP contribution in [0.4, 0.5) is 0 Å². The molecule has 0 aliphatic carbocycles. The summed E-state index contributed by atoms with van der Waals surface area (Å²) in [7, 11) is 0. The average Bonchev–Trinajstić information content (AvgIpc) is 2.89. The van der Waals surface area contributed by atoms with Crippen molar-refractivity contribution in [1.29, 1.82) is 0 Å². The average molecular weight is 314 g/mol. The lowest BCUT2D eigenvalue weighted by Gasteiger charge is -2.14. The largest absolute Gasteiger partial charge is 0.349 e. The van der Waals surface area contributed by atoms with Crippen LogP contribution in [0, 0.1) is 0 Å². The van der Waals surface area contributed by atoms with Gasteiger partial charge >= 0.3 is 0 Å². The molecule has 0 radical (unpaired) electrons. The highest BCUT2D eigenvalue weighted by molar-refractivity contribution is 6.31. The number of rotatable bonds is 5. The molecule has 4 nitrogen and oxygen atoms in total. The third-order valence-corrected chi connectivity index (χ3v) is 4.04. The Bertz CT molecular complexity index is 813. The summed E-state index contributed by atoms with van der Waals surface area (Å²) in [5, 5.41) is 3.49. The number of benzene rings is 2. The second-order valence-corrected chi connectivity index (χ2v) is 5.55. The van der Waals surface area contributed by atoms with Crippen LogP contribution in [0.3, 0.4) is 0 Å². The Balaban J connectivity index is 2.11. The molecule has 3 rings (SSSR count). The van der Waals surface area contributed by atoms with E-state index in [4.69, 9.17) is 11.6 Å². The van der Waals surface area contributed by atoms with Gasteiger partial charge < -0.3 is 9.88 Å². The molecule has 1 amide bonds. The normalized spacial score (nSPS) is 12.3. The van der Waals surface area contributed by atoms with E-state index in [0.717, 1.165) is 27.4 Å². The molecule has 3 aromatic rings. The smallest absolute Gasteiger partial charge is 0.207 e. The minimum Gasteiger partial charge on any atom is -0.349 e. The maximum absolute atomic E-state index is 10.8. The molecule has 22 heavy (non-hydrogen) atoms. The van der Waals surface area contributed by atoms with E-state index in [1.807, 2.05) is 55.5 Å². The maximum Gasteiger partial charge on any atom is 0.207 e. The molecule has 0 aliphatic rings. The van der Waals surface area contributed by atoms with E-state index >= 15 is 0 Å². The van der Waals surface area contributed by atoms with Crippen molar-refractivity contribution >= 4 is 29.0 Å². The summed E-state index contributed by atoms with van der Waals surface area (Å²) < 4.78 is 2.09. The molecule has 0 saturated heterocycles. The van der Waals surface area contributed by atoms with Gasteiger partial charge in [-0.25, -0.2) is 4.98 Å². The van der Waals surface area contributed by atoms with Gasteiger partial charge in [-0.05, 0) is 30.7 Å². The fourth-order valence-corrected chi connectivity index (χ4v) is 2.76. The van der Waals surface area contributed by atoms with Gasteiger partial charge in [0.2, 0.25) is 6.41 Å². The number of nitrogens with one attached hydrogen (secondary N) is 1. The van der Waals surface area contributed by atoms with Crippen LogP contribution in [0.25, 0.3) is 11.0 Å². The summed E-state index contributed by atoms with van der Waals surface area (Å²) in [6.07, 6.45) is 0.698. The van der Waals surface area contributed by atoms with Crippen molar-refractivity contribution in [2.45, 2.75) is 19.5 Å². The highest BCUT2D eigenvalue weighted by atomic mass is 35.5. The molecule has 0 aliphatic heterocycles. The molecule has 5 heteroatoms. The number of nitrogens with zero attached hydrogens (tertiary/aromatic N) is 2. The van der Waals surface area contributed by atoms with Crippen LogP contribution >= 0.6 is 11.6 Å². The minimum absolute atomic E-state index is 0.174. The topological polar surface area (TPSA) is 46.9 Å². The summed E-state index contributed by atoms with van der Waals surface area (Å²) in [4.78, 5) is 15.4. The quantitative estimate of drug-likeness (QED) is 0.732. The van der Waals surface area contributed by atoms with E-state index in [1.54, 1.807) is 0 Å². The van der Waals surface area contributed by atoms with Gasteiger partial charge in [0.15, 0.2) is 0 Å². The van der Waals surface area contributed by atoms with Crippen LogP contribution < -0.4 is 5.32 Å². The molecular weight excluding hydrogens is 298 g/mol. The van der Waals surface area contributed by atoms with E-state index in [1.165, 1.54) is 0 Å². The SMILES string of the molecule is C[C@@H](NC=O)c1nc2ccccc2n1Cc1ccccc1Cl. The molecule has 0 saturated carbocycles. The lowest BCUT2D eigenvalue weighted by Crippen LogP contribution is -2.20. The van der Waals surface area contributed by atoms with Crippen LogP contribution in [-0.2, 0) is 11.3 Å². The summed E-state index contributed by atoms with van der Waals surface area (Å²) >= 11 is 6.28. The first kappa shape index (κ1) is 14.6. The van der Waals surface area contributed by atoms with Gasteiger partial charge in [-0.1, -0.05) is 41.9 Å². The monoisotopic (exact) mass is 313 g/mol. The number of halogens is 1. The highest BCUT2D eigenvalue weighted by Crippen LogP contribution is 2.24. The lowest BCUT2D eigenvalue weighted by atomic mass is 10.2. The van der Waals surface area contributed by atoms with Crippen molar-refractivity contribution in [1.82, 2.24) is 14.9 Å². The predicted molar refractivity (Wildman–Crippen MR) is 87.9 cm³/mol. The fourth-order valence-electron chi connectivity index (χ4n) is 2.56. The standard InChI is InChI=1S/C17H16ClN3O/c1-12(19-11-22)17-20-15-8-4-5-9-16(15)21(17)10-13-6-2-3-7-14(13)18/h2-9,11-12H,10H2,1H3,(H,19,22)/t12-/m1/s1. The summed E-state index contributed by atoms with van der Waals surface area (Å²) in [6, 6.07) is 15.5. The van der Waals surface area contributed by atoms with Crippen molar-refractivity contribution in [3.8, 4) is 0 Å². The number of para-hydroxylation sites is 2. The first-order valence-corrected chi connectivity index (χ1v) is 7.46. The molecule has 0 unspecified atom stereocenters. The molecule has 112 valence electrons. The molecule has 1 atom stereocenters. The van der Waals surface area contributed by atoms with E-state index in [-0.39, 0.29) is 6.04 Å². The maximum atomic E-state index is 10.8. The van der Waals surface area contributed by atoms with Crippen LogP contribution in [0.15, 0.2) is 48.5 Å². The third-order valence-electron chi connectivity index (χ3n) is 3.68. The molecule has 2 aromatic carbocycles. The van der Waals surface area contributed by atoms with E-state index in [0.29, 0.717) is 13.0 Å². The van der Waals surface area contributed by atoms with E-state index in [2.05, 4.69) is 14.9 Å². The van der Waals surface area contributed by atoms with Gasteiger partial charge in [-0.3, -0.25) is 4.79 Å². The molecule has 0 fully saturated rings. The van der Waals surface area contributed by atoms with Gasteiger partial charge in [0.05, 0.1) is 23.6 Å². The lowest BCUT2D eigenvalue weighted by molar-refractivity contribution is -0.110. The van der Waals surface area contributed by atoms with Crippen LogP contribution in [0.1, 0.15) is 24.4 Å². The fraction of sp³-hybridized carbons (Fsp3) is 0.176. The van der Waals surface area contributed by atoms with Gasteiger partial charge in [0.25, 0.3) is 0 Å². The second kappa shape index (κ2) is 6.20. The number of carbonyl (C=O) groups is 1. The van der Waals surface area contributed by atoms with Gasteiger partial charge in [-0.2, -0.15) is 0 Å². The van der Waals surface area contributed by atoms with E-state index < -0.39 is 0 Å². The van der Waals surface area contributed by atoms with Crippen LogP contribution in [0.5, 0.6) is 0 Å². The number of aromatic nitrogens is 2. The zero-order chi connectivity index (χ0) is 15.5. The summed E-state index contributed by atoms with van der Waals surface area (Å²) in [6.45, 7) is 2.53. The molecule has 1 heterocycles. The van der Waals surface area contributed by atoms with Gasteiger partial charge in [-0.15, -0.1) is 0 Å². The Morgan fingerprint density at radius 2 is 1.95 bits per heavy atom. The van der Waals surface area contributed by atoms with Gasteiger partial charge in [0, 0.05) is 5.02 Å². The van der Waals surface area contributed by atoms with Crippen molar-refractivity contribution in [3.63, 3.8) is 0 Å². The van der Waals surface area contributed by atoms with Crippen molar-refractivity contribution in [2.75, 3.05) is 0 Å². The van der Waals surface area contributed by atoms with Crippen molar-refractivity contribution in [2.24, 2.45) is 0 Å². The first-order valence-electron chi connectivity index (χ1n) is 7.09. The Kier molecular flexibility index (Phi) is 4.11. The Morgan fingerprint density at radius 1 is 1.23 bits per heavy atom. The number of hydrogen-bond acceptors (Lipinski definition) is 2.